The van der Waals surface area contributed by atoms with Crippen LogP contribution in [0.25, 0.3) is 22.0 Å². The molecule has 0 radical (unpaired) electrons. The van der Waals surface area contributed by atoms with Gasteiger partial charge in [-0.2, -0.15) is 5.26 Å². The Balaban J connectivity index is 2.19. The van der Waals surface area contributed by atoms with Gasteiger partial charge in [0.25, 0.3) is 0 Å². The van der Waals surface area contributed by atoms with Crippen LogP contribution in [0.4, 0.5) is 0 Å². The van der Waals surface area contributed by atoms with Crippen LogP contribution >= 0.6 is 0 Å². The van der Waals surface area contributed by atoms with Crippen molar-refractivity contribution in [1.82, 2.24) is 4.98 Å². The van der Waals surface area contributed by atoms with Gasteiger partial charge in [-0.1, -0.05) is 36.4 Å². The lowest BCUT2D eigenvalue weighted by molar-refractivity contribution is 0.419. The maximum atomic E-state index is 11.7. The zero-order valence-electron chi connectivity index (χ0n) is 13.9. The molecule has 5 nitrogen and oxygen atoms in total. The highest BCUT2D eigenvalue weighted by Gasteiger charge is 2.14. The number of hydrogen-bond acceptors (Lipinski definition) is 5. The Kier molecular flexibility index (Phi) is 4.43. The number of benzene rings is 2. The summed E-state index contributed by atoms with van der Waals surface area (Å²) >= 11 is 0. The largest absolute Gasteiger partial charge is 0.494 e. The zero-order valence-corrected chi connectivity index (χ0v) is 14.8. The highest BCUT2D eigenvalue weighted by molar-refractivity contribution is 7.90. The van der Waals surface area contributed by atoms with Crippen LogP contribution in [-0.4, -0.2) is 22.6 Å². The maximum absolute atomic E-state index is 11.7. The van der Waals surface area contributed by atoms with Gasteiger partial charge in [0.1, 0.15) is 17.3 Å². The van der Waals surface area contributed by atoms with E-state index in [1.807, 2.05) is 42.5 Å². The van der Waals surface area contributed by atoms with Crippen molar-refractivity contribution in [2.45, 2.75) is 5.75 Å². The lowest BCUT2D eigenvalue weighted by Gasteiger charge is -2.12. The number of para-hydroxylation sites is 1. The minimum absolute atomic E-state index is 0.212. The molecule has 1 heterocycles. The van der Waals surface area contributed by atoms with Crippen LogP contribution in [0.3, 0.4) is 0 Å². The van der Waals surface area contributed by atoms with E-state index in [4.69, 9.17) is 9.52 Å². The van der Waals surface area contributed by atoms with Crippen molar-refractivity contribution in [1.29, 1.82) is 10.0 Å². The zero-order chi connectivity index (χ0) is 18.0. The van der Waals surface area contributed by atoms with Crippen molar-refractivity contribution in [3.63, 3.8) is 0 Å². The highest BCUT2D eigenvalue weighted by Crippen LogP contribution is 2.34. The average molecular weight is 351 g/mol. The normalized spacial score (nSPS) is 13.2. The van der Waals surface area contributed by atoms with E-state index in [1.54, 1.807) is 13.3 Å². The minimum atomic E-state index is -2.59. The number of aromatic nitrogens is 1. The van der Waals surface area contributed by atoms with Gasteiger partial charge in [-0.05, 0) is 17.2 Å². The molecule has 3 aromatic rings. The topological polar surface area (TPSA) is 86.8 Å². The Morgan fingerprint density at radius 3 is 2.56 bits per heavy atom. The summed E-state index contributed by atoms with van der Waals surface area (Å²) in [4.78, 5) is 4.36. The number of nitriles is 1. The molecule has 0 fully saturated rings. The summed E-state index contributed by atoms with van der Waals surface area (Å²) in [6.45, 7) is 0. The Labute approximate surface area is 146 Å². The molecule has 0 spiro atoms. The second-order valence-electron chi connectivity index (χ2n) is 5.86. The molecule has 0 aliphatic carbocycles. The molecule has 6 heteroatoms. The quantitative estimate of drug-likeness (QED) is 0.771. The smallest absolute Gasteiger partial charge is 0.145 e. The van der Waals surface area contributed by atoms with E-state index in [9.17, 15) is 9.47 Å². The van der Waals surface area contributed by atoms with E-state index in [0.29, 0.717) is 16.8 Å². The summed E-state index contributed by atoms with van der Waals surface area (Å²) in [6.07, 6.45) is 2.98. The van der Waals surface area contributed by atoms with Gasteiger partial charge in [0.2, 0.25) is 0 Å². The number of nitrogens with zero attached hydrogens (tertiary/aromatic N) is 2. The molecule has 0 amide bonds. The molecular weight excluding hydrogens is 334 g/mol. The first-order valence-electron chi connectivity index (χ1n) is 7.59. The third kappa shape index (κ3) is 3.47. The standard InChI is InChI=1S/C19H17N3O2S/c1-24-17-5-3-4-16-18(15(10-20)11-22-19(16)17)14-8-6-13(7-9-14)12-25(2,21)23/h3-9,11,21H,12H2,1-2H3. The van der Waals surface area contributed by atoms with Crippen molar-refractivity contribution in [2.75, 3.05) is 13.4 Å². The molecule has 0 bridgehead atoms. The minimum Gasteiger partial charge on any atom is -0.494 e. The van der Waals surface area contributed by atoms with E-state index in [2.05, 4.69) is 11.1 Å². The molecule has 126 valence electrons. The Bertz CT molecular complexity index is 1080. The molecular formula is C19H17N3O2S. The van der Waals surface area contributed by atoms with E-state index in [1.165, 1.54) is 6.26 Å². The molecule has 0 aliphatic heterocycles. The fraction of sp³-hybridized carbons (Fsp3) is 0.158. The molecule has 1 unspecified atom stereocenters. The first kappa shape index (κ1) is 16.9. The summed E-state index contributed by atoms with van der Waals surface area (Å²) in [7, 11) is -1.00. The number of pyridine rings is 1. The average Bonchev–Trinajstić information content (AvgIpc) is 2.59. The monoisotopic (exact) mass is 351 g/mol. The summed E-state index contributed by atoms with van der Waals surface area (Å²) in [5, 5.41) is 10.3. The Morgan fingerprint density at radius 1 is 1.24 bits per heavy atom. The molecule has 1 N–H and O–H groups in total. The number of methoxy groups -OCH3 is 1. The Hall–Kier alpha value is -2.91. The third-order valence-electron chi connectivity index (χ3n) is 3.89. The predicted octanol–water partition coefficient (Wildman–Crippen LogP) is 3.96. The fourth-order valence-electron chi connectivity index (χ4n) is 2.84. The van der Waals surface area contributed by atoms with Gasteiger partial charge in [-0.3, -0.25) is 9.76 Å². The molecule has 3 rings (SSSR count). The summed E-state index contributed by atoms with van der Waals surface area (Å²) in [5.74, 6) is 0.864. The van der Waals surface area contributed by atoms with E-state index < -0.39 is 9.73 Å². The van der Waals surface area contributed by atoms with Crippen LogP contribution in [-0.2, 0) is 15.5 Å². The number of hydrogen-bond donors (Lipinski definition) is 1. The summed E-state index contributed by atoms with van der Waals surface area (Å²) in [6, 6.07) is 15.3. The van der Waals surface area contributed by atoms with Gasteiger partial charge in [0, 0.05) is 33.1 Å². The van der Waals surface area contributed by atoms with Gasteiger partial charge >= 0.3 is 0 Å². The molecule has 2 aromatic carbocycles. The van der Waals surface area contributed by atoms with Gasteiger partial charge in [0.15, 0.2) is 0 Å². The second kappa shape index (κ2) is 6.54. The molecule has 0 saturated heterocycles. The van der Waals surface area contributed by atoms with Crippen LogP contribution in [0, 0.1) is 16.1 Å². The third-order valence-corrected chi connectivity index (χ3v) is 4.77. The SMILES string of the molecule is COc1cccc2c(-c3ccc(CS(C)(=N)=O)cc3)c(C#N)cnc12. The lowest BCUT2D eigenvalue weighted by Crippen LogP contribution is -1.98. The van der Waals surface area contributed by atoms with Crippen molar-refractivity contribution in [2.24, 2.45) is 0 Å². The van der Waals surface area contributed by atoms with Crippen LogP contribution in [0.5, 0.6) is 5.75 Å². The maximum Gasteiger partial charge on any atom is 0.145 e. The lowest BCUT2D eigenvalue weighted by atomic mass is 9.96. The van der Waals surface area contributed by atoms with Gasteiger partial charge < -0.3 is 4.74 Å². The molecule has 1 atom stereocenters. The second-order valence-corrected chi connectivity index (χ2v) is 8.16. The van der Waals surface area contributed by atoms with Gasteiger partial charge in [-0.15, -0.1) is 0 Å². The predicted molar refractivity (Wildman–Crippen MR) is 98.9 cm³/mol. The van der Waals surface area contributed by atoms with Crippen molar-refractivity contribution < 1.29 is 8.95 Å². The number of rotatable bonds is 4. The van der Waals surface area contributed by atoms with Crippen LogP contribution in [0.2, 0.25) is 0 Å². The van der Waals surface area contributed by atoms with Crippen molar-refractivity contribution in [3.8, 4) is 22.9 Å². The Morgan fingerprint density at radius 2 is 1.96 bits per heavy atom. The van der Waals surface area contributed by atoms with Crippen LogP contribution in [0.1, 0.15) is 11.1 Å². The van der Waals surface area contributed by atoms with Gasteiger partial charge in [0.05, 0.1) is 18.4 Å². The van der Waals surface area contributed by atoms with Crippen LogP contribution < -0.4 is 4.74 Å². The molecule has 0 saturated carbocycles. The van der Waals surface area contributed by atoms with Crippen molar-refractivity contribution in [3.05, 3.63) is 59.8 Å². The molecule has 1 aromatic heterocycles. The number of fused-ring (bicyclic) bond motifs is 1. The first-order chi connectivity index (χ1) is 11.9. The summed E-state index contributed by atoms with van der Waals surface area (Å²) < 4.78 is 24.6. The van der Waals surface area contributed by atoms with E-state index in [0.717, 1.165) is 22.1 Å². The fourth-order valence-corrected chi connectivity index (χ4v) is 3.67. The van der Waals surface area contributed by atoms with E-state index >= 15 is 0 Å². The van der Waals surface area contributed by atoms with Crippen LogP contribution in [0.15, 0.2) is 48.7 Å². The van der Waals surface area contributed by atoms with E-state index in [-0.39, 0.29) is 5.75 Å². The highest BCUT2D eigenvalue weighted by atomic mass is 32.2. The summed E-state index contributed by atoms with van der Waals surface area (Å²) in [5.41, 5.74) is 3.68. The first-order valence-corrected chi connectivity index (χ1v) is 9.73. The van der Waals surface area contributed by atoms with Gasteiger partial charge in [-0.25, -0.2) is 4.21 Å². The molecule has 25 heavy (non-hydrogen) atoms. The number of ether oxygens (including phenoxy) is 1. The van der Waals surface area contributed by atoms with Crippen molar-refractivity contribution >= 4 is 20.6 Å². The molecule has 0 aliphatic rings. The number of nitrogens with one attached hydrogen (secondary N) is 1.